The van der Waals surface area contributed by atoms with Gasteiger partial charge in [0.1, 0.15) is 10.7 Å². The topological polar surface area (TPSA) is 115 Å². The molecule has 3 aromatic heterocycles. The van der Waals surface area contributed by atoms with E-state index in [4.69, 9.17) is 10.7 Å². The molecule has 0 saturated carbocycles. The van der Waals surface area contributed by atoms with Crippen LogP contribution in [0.25, 0.3) is 28.0 Å². The number of nitrogens with zero attached hydrogens (tertiary/aromatic N) is 4. The van der Waals surface area contributed by atoms with Gasteiger partial charge in [0, 0.05) is 47.1 Å². The molecule has 2 aliphatic heterocycles. The smallest absolute Gasteiger partial charge is 0.180 e. The Balaban J connectivity index is 0.00000253. The third-order valence-electron chi connectivity index (χ3n) is 7.04. The number of hydrogen-bond donors (Lipinski definition) is 2. The van der Waals surface area contributed by atoms with Crippen molar-refractivity contribution in [1.29, 1.82) is 0 Å². The molecule has 35 heavy (non-hydrogen) atoms. The normalized spacial score (nSPS) is 21.7. The van der Waals surface area contributed by atoms with Gasteiger partial charge in [-0.2, -0.15) is 9.61 Å². The molecule has 2 fully saturated rings. The van der Waals surface area contributed by atoms with Gasteiger partial charge in [-0.3, -0.25) is 4.98 Å². The van der Waals surface area contributed by atoms with Gasteiger partial charge in [0.05, 0.1) is 17.6 Å². The average molecular weight is 511 g/mol. The van der Waals surface area contributed by atoms with E-state index in [0.717, 1.165) is 48.1 Å². The molecule has 10 heteroatoms. The zero-order chi connectivity index (χ0) is 23.4. The lowest BCUT2D eigenvalue weighted by Gasteiger charge is -2.30. The lowest BCUT2D eigenvalue weighted by Crippen LogP contribution is -2.38. The Morgan fingerprint density at radius 2 is 1.71 bits per heavy atom. The Labute approximate surface area is 210 Å². The average Bonchev–Trinajstić information content (AvgIpc) is 3.41. The predicted molar refractivity (Wildman–Crippen MR) is 138 cm³/mol. The number of hydrogen-bond acceptors (Lipinski definition) is 7. The van der Waals surface area contributed by atoms with E-state index < -0.39 is 9.84 Å². The number of aromatic nitrogens is 4. The maximum atomic E-state index is 12.8. The Hall–Kier alpha value is -3.01. The fourth-order valence-electron chi connectivity index (χ4n) is 5.49. The largest absolute Gasteiger partial charge is 0.382 e. The van der Waals surface area contributed by atoms with E-state index >= 15 is 0 Å². The van der Waals surface area contributed by atoms with Crippen LogP contribution in [-0.2, 0) is 9.84 Å². The first-order valence-corrected chi connectivity index (χ1v) is 13.4. The van der Waals surface area contributed by atoms with Crippen LogP contribution in [0.2, 0.25) is 0 Å². The summed E-state index contributed by atoms with van der Waals surface area (Å²) in [6, 6.07) is 14.7. The maximum Gasteiger partial charge on any atom is 0.180 e. The van der Waals surface area contributed by atoms with Crippen LogP contribution in [0.5, 0.6) is 0 Å². The Morgan fingerprint density at radius 1 is 1.00 bits per heavy atom. The van der Waals surface area contributed by atoms with Crippen LogP contribution in [0, 0.1) is 0 Å². The van der Waals surface area contributed by atoms with Gasteiger partial charge in [0.15, 0.2) is 15.5 Å². The monoisotopic (exact) mass is 510 g/mol. The van der Waals surface area contributed by atoms with Crippen molar-refractivity contribution in [1.82, 2.24) is 24.9 Å². The number of pyridine rings is 1. The number of rotatable bonds is 4. The Kier molecular flexibility index (Phi) is 6.03. The van der Waals surface area contributed by atoms with E-state index in [2.05, 4.69) is 15.4 Å². The SMILES string of the molecule is CS(=O)(=O)c1c(C2C[C@H]3CC[C@@H](C2)N3)nc2c(-c3ccc(-c4ccccc4)nc3)cnn2c1N.Cl. The van der Waals surface area contributed by atoms with E-state index in [9.17, 15) is 8.42 Å². The zero-order valence-corrected chi connectivity index (χ0v) is 20.9. The van der Waals surface area contributed by atoms with Gasteiger partial charge in [-0.25, -0.2) is 13.4 Å². The number of nitrogen functional groups attached to an aromatic ring is 1. The molecule has 3 N–H and O–H groups in total. The van der Waals surface area contributed by atoms with Crippen molar-refractivity contribution < 1.29 is 8.42 Å². The van der Waals surface area contributed by atoms with Gasteiger partial charge in [0.25, 0.3) is 0 Å². The van der Waals surface area contributed by atoms with Crippen LogP contribution in [0.4, 0.5) is 5.82 Å². The molecule has 5 heterocycles. The summed E-state index contributed by atoms with van der Waals surface area (Å²) in [6.45, 7) is 0. The predicted octanol–water partition coefficient (Wildman–Crippen LogP) is 3.86. The fourth-order valence-corrected chi connectivity index (χ4v) is 6.55. The minimum absolute atomic E-state index is 0. The molecule has 6 rings (SSSR count). The number of benzene rings is 1. The van der Waals surface area contributed by atoms with Gasteiger partial charge in [-0.15, -0.1) is 12.4 Å². The Morgan fingerprint density at radius 3 is 2.34 bits per heavy atom. The second kappa shape index (κ2) is 8.89. The van der Waals surface area contributed by atoms with Crippen LogP contribution < -0.4 is 11.1 Å². The van der Waals surface area contributed by atoms with E-state index in [0.29, 0.717) is 23.4 Å². The highest BCUT2D eigenvalue weighted by Gasteiger charge is 2.38. The van der Waals surface area contributed by atoms with Crippen molar-refractivity contribution in [3.63, 3.8) is 0 Å². The lowest BCUT2D eigenvalue weighted by molar-refractivity contribution is 0.355. The Bertz CT molecular complexity index is 1480. The van der Waals surface area contributed by atoms with E-state index in [1.807, 2.05) is 42.5 Å². The van der Waals surface area contributed by atoms with Gasteiger partial charge < -0.3 is 11.1 Å². The summed E-state index contributed by atoms with van der Waals surface area (Å²) in [5, 5.41) is 8.02. The summed E-state index contributed by atoms with van der Waals surface area (Å²) in [5.74, 6) is 0.158. The minimum Gasteiger partial charge on any atom is -0.382 e. The van der Waals surface area contributed by atoms with Crippen molar-refractivity contribution in [2.75, 3.05) is 12.0 Å². The number of nitrogens with two attached hydrogens (primary N) is 1. The standard InChI is InChI=1S/C25H26N6O2S.ClH/c1-34(32,33)23-22(17-11-18-8-9-19(12-17)29-18)30-25-20(14-28-31(25)24(23)26)16-7-10-21(27-13-16)15-5-3-2-4-6-15;/h2-7,10,13-14,17-19,29H,8-9,11-12,26H2,1H3;1H/t17?,18-,19+;. The van der Waals surface area contributed by atoms with Crippen molar-refractivity contribution in [2.24, 2.45) is 0 Å². The number of piperidine rings is 1. The number of sulfone groups is 1. The summed E-state index contributed by atoms with van der Waals surface area (Å²) in [6.07, 6.45) is 8.62. The van der Waals surface area contributed by atoms with Gasteiger partial charge in [-0.05, 0) is 31.7 Å². The lowest BCUT2D eigenvalue weighted by atomic mass is 9.89. The molecule has 2 aliphatic rings. The first-order valence-electron chi connectivity index (χ1n) is 11.5. The number of fused-ring (bicyclic) bond motifs is 3. The summed E-state index contributed by atoms with van der Waals surface area (Å²) < 4.78 is 27.0. The molecular formula is C25H27ClN6O2S. The first kappa shape index (κ1) is 23.7. The highest BCUT2D eigenvalue weighted by Crippen LogP contribution is 2.41. The molecule has 1 aromatic carbocycles. The number of anilines is 1. The maximum absolute atomic E-state index is 12.8. The van der Waals surface area contributed by atoms with Crippen molar-refractivity contribution >= 4 is 33.7 Å². The highest BCUT2D eigenvalue weighted by molar-refractivity contribution is 7.91. The third-order valence-corrected chi connectivity index (χ3v) is 8.20. The molecule has 0 aliphatic carbocycles. The fraction of sp³-hybridized carbons (Fsp3) is 0.320. The summed E-state index contributed by atoms with van der Waals surface area (Å²) in [5.41, 5.74) is 11.1. The molecule has 0 spiro atoms. The van der Waals surface area contributed by atoms with Gasteiger partial charge in [-0.1, -0.05) is 36.4 Å². The quantitative estimate of drug-likeness (QED) is 0.428. The minimum atomic E-state index is -3.59. The summed E-state index contributed by atoms with van der Waals surface area (Å²) in [4.78, 5) is 9.67. The van der Waals surface area contributed by atoms with Crippen LogP contribution >= 0.6 is 12.4 Å². The molecule has 2 saturated heterocycles. The summed E-state index contributed by atoms with van der Waals surface area (Å²) >= 11 is 0. The van der Waals surface area contributed by atoms with Crippen molar-refractivity contribution in [3.8, 4) is 22.4 Å². The zero-order valence-electron chi connectivity index (χ0n) is 19.3. The number of nitrogens with one attached hydrogen (secondary N) is 1. The van der Waals surface area contributed by atoms with Gasteiger partial charge in [0.2, 0.25) is 0 Å². The molecule has 1 unspecified atom stereocenters. The van der Waals surface area contributed by atoms with E-state index in [1.54, 1.807) is 12.4 Å². The van der Waals surface area contributed by atoms with E-state index in [1.165, 1.54) is 10.8 Å². The van der Waals surface area contributed by atoms with E-state index in [-0.39, 0.29) is 29.0 Å². The molecule has 3 atom stereocenters. The molecule has 0 amide bonds. The second-order valence-electron chi connectivity index (χ2n) is 9.38. The van der Waals surface area contributed by atoms with Crippen LogP contribution in [-0.4, -0.2) is 46.3 Å². The van der Waals surface area contributed by atoms with Crippen molar-refractivity contribution in [3.05, 3.63) is 60.6 Å². The molecule has 182 valence electrons. The van der Waals surface area contributed by atoms with Crippen LogP contribution in [0.3, 0.4) is 0 Å². The number of halogens is 1. The molecular weight excluding hydrogens is 484 g/mol. The third kappa shape index (κ3) is 4.17. The van der Waals surface area contributed by atoms with Crippen LogP contribution in [0.15, 0.2) is 59.8 Å². The molecule has 4 aromatic rings. The second-order valence-corrected chi connectivity index (χ2v) is 11.3. The molecule has 2 bridgehead atoms. The molecule has 8 nitrogen and oxygen atoms in total. The summed E-state index contributed by atoms with van der Waals surface area (Å²) in [7, 11) is -3.59. The van der Waals surface area contributed by atoms with Gasteiger partial charge >= 0.3 is 0 Å². The first-order chi connectivity index (χ1) is 16.4. The van der Waals surface area contributed by atoms with Crippen molar-refractivity contribution in [2.45, 2.75) is 48.6 Å². The highest BCUT2D eigenvalue weighted by atomic mass is 35.5. The van der Waals surface area contributed by atoms with Crippen LogP contribution in [0.1, 0.15) is 37.3 Å². The molecule has 0 radical (unpaired) electrons.